The molecule has 0 saturated carbocycles. The summed E-state index contributed by atoms with van der Waals surface area (Å²) < 4.78 is 2.07. The average Bonchev–Trinajstić information content (AvgIpc) is 2.89. The molecule has 2 atom stereocenters. The predicted molar refractivity (Wildman–Crippen MR) is 75.1 cm³/mol. The molecule has 102 valence electrons. The highest BCUT2D eigenvalue weighted by molar-refractivity contribution is 8.00. The van der Waals surface area contributed by atoms with Gasteiger partial charge in [-0.2, -0.15) is 0 Å². The molecule has 0 amide bonds. The lowest BCUT2D eigenvalue weighted by Gasteiger charge is -2.37. The number of thioether (sulfide) groups is 1. The van der Waals surface area contributed by atoms with Crippen LogP contribution in [0.2, 0.25) is 0 Å². The summed E-state index contributed by atoms with van der Waals surface area (Å²) in [4.78, 5) is 15.8. The van der Waals surface area contributed by atoms with Crippen LogP contribution in [0.15, 0.2) is 17.5 Å². The van der Waals surface area contributed by atoms with E-state index in [1.807, 2.05) is 6.20 Å². The van der Waals surface area contributed by atoms with Gasteiger partial charge in [0.15, 0.2) is 0 Å². The molecule has 4 aliphatic rings. The fourth-order valence-corrected chi connectivity index (χ4v) is 4.98. The number of nitrogens with one attached hydrogen (secondary N) is 2. The molecule has 4 heterocycles. The Morgan fingerprint density at radius 1 is 1.45 bits per heavy atom. The largest absolute Gasteiger partial charge is 0.372 e. The molecule has 0 saturated heterocycles. The van der Waals surface area contributed by atoms with E-state index in [4.69, 9.17) is 0 Å². The Morgan fingerprint density at radius 2 is 2.35 bits per heavy atom. The van der Waals surface area contributed by atoms with Crippen molar-refractivity contribution in [3.8, 4) is 0 Å². The zero-order valence-electron chi connectivity index (χ0n) is 10.8. The van der Waals surface area contributed by atoms with E-state index in [-0.39, 0.29) is 11.0 Å². The maximum absolute atomic E-state index is 12.7. The fraction of sp³-hybridized carbons (Fsp3) is 0.429. The number of aromatic amines is 1. The third-order valence-corrected chi connectivity index (χ3v) is 5.87. The number of hydrogen-bond donors (Lipinski definition) is 3. The van der Waals surface area contributed by atoms with Crippen molar-refractivity contribution in [1.29, 1.82) is 0 Å². The van der Waals surface area contributed by atoms with Gasteiger partial charge in [-0.05, 0) is 5.56 Å². The summed E-state index contributed by atoms with van der Waals surface area (Å²) in [7, 11) is 0. The van der Waals surface area contributed by atoms with E-state index in [9.17, 15) is 9.90 Å². The minimum Gasteiger partial charge on any atom is -0.372 e. The molecule has 0 fully saturated rings. The molecule has 5 nitrogen and oxygen atoms in total. The van der Waals surface area contributed by atoms with Crippen molar-refractivity contribution in [2.45, 2.75) is 24.3 Å². The first-order chi connectivity index (χ1) is 9.75. The number of nitrogens with zero attached hydrogens (tertiary/aromatic N) is 1. The summed E-state index contributed by atoms with van der Waals surface area (Å²) in [6.45, 7) is 0.823. The first-order valence-corrected chi connectivity index (χ1v) is 7.97. The van der Waals surface area contributed by atoms with Gasteiger partial charge in [0.25, 0.3) is 6.23 Å². The van der Waals surface area contributed by atoms with Gasteiger partial charge >= 0.3 is 0 Å². The quantitative estimate of drug-likeness (QED) is 0.597. The van der Waals surface area contributed by atoms with Crippen LogP contribution in [-0.4, -0.2) is 50.1 Å². The first-order valence-electron chi connectivity index (χ1n) is 6.92. The summed E-state index contributed by atoms with van der Waals surface area (Å²) in [6.07, 6.45) is 3.11. The highest BCUT2D eigenvalue weighted by Crippen LogP contribution is 2.41. The Morgan fingerprint density at radius 3 is 3.25 bits per heavy atom. The van der Waals surface area contributed by atoms with Crippen LogP contribution in [0.3, 0.4) is 0 Å². The fourth-order valence-electron chi connectivity index (χ4n) is 3.85. The number of Topliss-reactive ketones (excluding diaryl/α,β-unsaturated/α-hetero) is 1. The lowest BCUT2D eigenvalue weighted by Crippen LogP contribution is -2.51. The van der Waals surface area contributed by atoms with Gasteiger partial charge in [-0.25, -0.2) is 4.58 Å². The van der Waals surface area contributed by atoms with E-state index in [0.717, 1.165) is 41.4 Å². The van der Waals surface area contributed by atoms with Crippen LogP contribution >= 0.6 is 11.8 Å². The average molecular weight is 288 g/mol. The van der Waals surface area contributed by atoms with Crippen molar-refractivity contribution < 1.29 is 14.5 Å². The number of aliphatic hydroxyl groups is 1. The second-order valence-electron chi connectivity index (χ2n) is 5.67. The SMILES string of the molecule is O=C1C2=C3C4=[N+](CCc5c[nH]c1c54)C(O)CC3SCN2. The third-order valence-electron chi connectivity index (χ3n) is 4.73. The Hall–Kier alpha value is -1.53. The molecular formula is C14H14N3O2S+. The van der Waals surface area contributed by atoms with Crippen LogP contribution < -0.4 is 5.32 Å². The molecule has 0 spiro atoms. The Balaban J connectivity index is 1.91. The second-order valence-corrected chi connectivity index (χ2v) is 6.86. The van der Waals surface area contributed by atoms with Crippen molar-refractivity contribution >= 4 is 23.3 Å². The standard InChI is InChI=1S/C14H13N3O2S/c18-8-3-7-10-12(16-5-20-7)14(19)11-9-6(4-15-11)1-2-17(8)13(9)10/h4,7-8,18H,1-3,5H2,(H,15,16,19)/p+1. The number of carbonyl (C=O) groups excluding carboxylic acids is 1. The smallest absolute Gasteiger partial charge is 0.256 e. The zero-order valence-corrected chi connectivity index (χ0v) is 11.6. The van der Waals surface area contributed by atoms with E-state index in [0.29, 0.717) is 12.1 Å². The Kier molecular flexibility index (Phi) is 1.99. The Labute approximate surface area is 119 Å². The first kappa shape index (κ1) is 11.2. The normalized spacial score (nSPS) is 30.4. The lowest BCUT2D eigenvalue weighted by atomic mass is 9.81. The van der Waals surface area contributed by atoms with E-state index in [1.54, 1.807) is 11.8 Å². The molecule has 0 radical (unpaired) electrons. The van der Waals surface area contributed by atoms with Crippen LogP contribution in [0.25, 0.3) is 0 Å². The highest BCUT2D eigenvalue weighted by Gasteiger charge is 2.50. The molecule has 1 aliphatic carbocycles. The van der Waals surface area contributed by atoms with Gasteiger partial charge in [-0.15, -0.1) is 11.8 Å². The Bertz CT molecular complexity index is 731. The van der Waals surface area contributed by atoms with Crippen LogP contribution in [0.5, 0.6) is 0 Å². The van der Waals surface area contributed by atoms with E-state index in [2.05, 4.69) is 14.9 Å². The van der Waals surface area contributed by atoms with Gasteiger partial charge < -0.3 is 15.4 Å². The van der Waals surface area contributed by atoms with Crippen LogP contribution in [0.1, 0.15) is 28.0 Å². The number of allylic oxidation sites excluding steroid dienone is 1. The van der Waals surface area contributed by atoms with Gasteiger partial charge in [0.05, 0.1) is 29.1 Å². The number of aromatic nitrogens is 1. The molecule has 6 heteroatoms. The van der Waals surface area contributed by atoms with E-state index >= 15 is 0 Å². The number of H-pyrrole nitrogens is 1. The van der Waals surface area contributed by atoms with Crippen molar-refractivity contribution in [3.05, 3.63) is 34.3 Å². The molecule has 5 rings (SSSR count). The van der Waals surface area contributed by atoms with Crippen molar-refractivity contribution in [1.82, 2.24) is 10.3 Å². The maximum atomic E-state index is 12.7. The summed E-state index contributed by atoms with van der Waals surface area (Å²) in [6, 6.07) is 0. The predicted octanol–water partition coefficient (Wildman–Crippen LogP) is 0.207. The summed E-state index contributed by atoms with van der Waals surface area (Å²) >= 11 is 1.78. The maximum Gasteiger partial charge on any atom is 0.256 e. The highest BCUT2D eigenvalue weighted by atomic mass is 32.2. The van der Waals surface area contributed by atoms with Crippen molar-refractivity contribution in [2.24, 2.45) is 0 Å². The molecular weight excluding hydrogens is 274 g/mol. The van der Waals surface area contributed by atoms with Crippen LogP contribution in [-0.2, 0) is 6.42 Å². The van der Waals surface area contributed by atoms with Crippen molar-refractivity contribution in [2.75, 3.05) is 12.4 Å². The van der Waals surface area contributed by atoms with Crippen molar-refractivity contribution in [3.63, 3.8) is 0 Å². The number of ketones is 1. The molecule has 3 N–H and O–H groups in total. The molecule has 1 aromatic rings. The van der Waals surface area contributed by atoms with Gasteiger partial charge in [0.1, 0.15) is 12.2 Å². The van der Waals surface area contributed by atoms with E-state index in [1.165, 1.54) is 5.56 Å². The molecule has 20 heavy (non-hydrogen) atoms. The number of aliphatic hydroxyl groups excluding tert-OH is 1. The minimum absolute atomic E-state index is 0.0774. The molecule has 1 aromatic heterocycles. The molecule has 0 aromatic carbocycles. The van der Waals surface area contributed by atoms with E-state index < -0.39 is 6.23 Å². The second kappa shape index (κ2) is 3.56. The number of hydrogen-bond acceptors (Lipinski definition) is 4. The summed E-state index contributed by atoms with van der Waals surface area (Å²) in [5.41, 5.74) is 5.86. The summed E-state index contributed by atoms with van der Waals surface area (Å²) in [5.74, 6) is 0.812. The number of carbonyl (C=O) groups is 1. The zero-order chi connectivity index (χ0) is 13.4. The van der Waals surface area contributed by atoms with Gasteiger partial charge in [-0.1, -0.05) is 0 Å². The van der Waals surface area contributed by atoms with Crippen LogP contribution in [0.4, 0.5) is 0 Å². The van der Waals surface area contributed by atoms with Crippen LogP contribution in [0, 0.1) is 0 Å². The molecule has 2 unspecified atom stereocenters. The third kappa shape index (κ3) is 1.15. The minimum atomic E-state index is -0.435. The van der Waals surface area contributed by atoms with Gasteiger partial charge in [-0.3, -0.25) is 4.79 Å². The number of rotatable bonds is 0. The summed E-state index contributed by atoms with van der Waals surface area (Å²) in [5, 5.41) is 13.9. The monoisotopic (exact) mass is 288 g/mol. The van der Waals surface area contributed by atoms with Gasteiger partial charge in [0.2, 0.25) is 11.5 Å². The van der Waals surface area contributed by atoms with Gasteiger partial charge in [0, 0.05) is 17.9 Å². The molecule has 0 bridgehead atoms. The molecule has 3 aliphatic heterocycles. The lowest BCUT2D eigenvalue weighted by molar-refractivity contribution is -0.612. The topological polar surface area (TPSA) is 68.1 Å².